The maximum atomic E-state index is 5.33. The molecule has 0 unspecified atom stereocenters. The molecule has 0 bridgehead atoms. The molecule has 0 amide bonds. The van der Waals surface area contributed by atoms with Gasteiger partial charge in [0.25, 0.3) is 0 Å². The Bertz CT molecular complexity index is 429. The third-order valence-electron chi connectivity index (χ3n) is 2.67. The minimum Gasteiger partial charge on any atom is -0.454 e. The molecule has 4 nitrogen and oxygen atoms in total. The van der Waals surface area contributed by atoms with Crippen LogP contribution in [0.1, 0.15) is 12.0 Å². The molecule has 0 saturated carbocycles. The summed E-state index contributed by atoms with van der Waals surface area (Å²) < 4.78 is 10.6. The summed E-state index contributed by atoms with van der Waals surface area (Å²) in [5.74, 6) is 1.65. The molecular weight excluding hydrogens is 192 g/mol. The van der Waals surface area contributed by atoms with Crippen molar-refractivity contribution >= 4 is 5.71 Å². The number of nitrogens with zero attached hydrogens (tertiary/aromatic N) is 2. The third-order valence-corrected chi connectivity index (χ3v) is 2.67. The zero-order chi connectivity index (χ0) is 10.3. The highest BCUT2D eigenvalue weighted by atomic mass is 16.7. The van der Waals surface area contributed by atoms with E-state index in [1.165, 1.54) is 0 Å². The van der Waals surface area contributed by atoms with E-state index in [0.29, 0.717) is 6.79 Å². The Kier molecular flexibility index (Phi) is 1.80. The number of hydrogen-bond acceptors (Lipinski definition) is 4. The van der Waals surface area contributed by atoms with Crippen molar-refractivity contribution in [2.45, 2.75) is 6.42 Å². The zero-order valence-corrected chi connectivity index (χ0v) is 8.56. The number of benzene rings is 1. The van der Waals surface area contributed by atoms with Crippen LogP contribution in [0.5, 0.6) is 11.5 Å². The monoisotopic (exact) mass is 204 g/mol. The van der Waals surface area contributed by atoms with E-state index in [4.69, 9.17) is 9.47 Å². The fourth-order valence-electron chi connectivity index (χ4n) is 1.85. The van der Waals surface area contributed by atoms with Crippen LogP contribution in [-0.2, 0) is 0 Å². The van der Waals surface area contributed by atoms with Gasteiger partial charge in [-0.3, -0.25) is 5.01 Å². The first-order chi connectivity index (χ1) is 7.33. The van der Waals surface area contributed by atoms with Crippen molar-refractivity contribution in [2.75, 3.05) is 20.4 Å². The predicted molar refractivity (Wildman–Crippen MR) is 56.3 cm³/mol. The van der Waals surface area contributed by atoms with Gasteiger partial charge in [-0.05, 0) is 18.2 Å². The second-order valence-electron chi connectivity index (χ2n) is 3.75. The zero-order valence-electron chi connectivity index (χ0n) is 8.56. The van der Waals surface area contributed by atoms with E-state index < -0.39 is 0 Å². The lowest BCUT2D eigenvalue weighted by atomic mass is 10.1. The van der Waals surface area contributed by atoms with E-state index in [9.17, 15) is 0 Å². The van der Waals surface area contributed by atoms with Gasteiger partial charge in [0.15, 0.2) is 11.5 Å². The van der Waals surface area contributed by atoms with Crippen molar-refractivity contribution in [2.24, 2.45) is 5.10 Å². The molecule has 0 N–H and O–H groups in total. The Morgan fingerprint density at radius 1 is 1.27 bits per heavy atom. The van der Waals surface area contributed by atoms with Gasteiger partial charge in [0.1, 0.15) is 0 Å². The van der Waals surface area contributed by atoms with Crippen LogP contribution in [-0.4, -0.2) is 31.1 Å². The van der Waals surface area contributed by atoms with Gasteiger partial charge < -0.3 is 9.47 Å². The van der Waals surface area contributed by atoms with Crippen molar-refractivity contribution in [3.63, 3.8) is 0 Å². The van der Waals surface area contributed by atoms with Gasteiger partial charge >= 0.3 is 0 Å². The Labute approximate surface area is 88.1 Å². The van der Waals surface area contributed by atoms with Crippen LogP contribution in [0.3, 0.4) is 0 Å². The van der Waals surface area contributed by atoms with Crippen LogP contribution in [0.2, 0.25) is 0 Å². The molecule has 1 aromatic carbocycles. The summed E-state index contributed by atoms with van der Waals surface area (Å²) in [5.41, 5.74) is 2.25. The van der Waals surface area contributed by atoms with Crippen LogP contribution in [0.25, 0.3) is 0 Å². The van der Waals surface area contributed by atoms with Crippen molar-refractivity contribution in [3.8, 4) is 11.5 Å². The highest BCUT2D eigenvalue weighted by Gasteiger charge is 2.18. The molecule has 0 atom stereocenters. The summed E-state index contributed by atoms with van der Waals surface area (Å²) in [7, 11) is 1.99. The standard InChI is InChI=1S/C11H12N2O2/c1-13-5-4-9(12-13)8-2-3-10-11(6-8)15-7-14-10/h2-3,6H,4-5,7H2,1H3. The molecule has 0 spiro atoms. The predicted octanol–water partition coefficient (Wildman–Crippen LogP) is 1.45. The van der Waals surface area contributed by atoms with Crippen LogP contribution in [0, 0.1) is 0 Å². The van der Waals surface area contributed by atoms with Crippen LogP contribution >= 0.6 is 0 Å². The van der Waals surface area contributed by atoms with Gasteiger partial charge in [-0.25, -0.2) is 0 Å². The lowest BCUT2D eigenvalue weighted by molar-refractivity contribution is 0.174. The van der Waals surface area contributed by atoms with E-state index in [1.807, 2.05) is 30.3 Å². The first kappa shape index (κ1) is 8.59. The Hall–Kier alpha value is -1.71. The number of hydrazone groups is 1. The largest absolute Gasteiger partial charge is 0.454 e. The first-order valence-electron chi connectivity index (χ1n) is 5.01. The summed E-state index contributed by atoms with van der Waals surface area (Å²) in [6.07, 6.45) is 0.996. The minimum atomic E-state index is 0.325. The lowest BCUT2D eigenvalue weighted by Gasteiger charge is -2.02. The molecule has 0 saturated heterocycles. The van der Waals surface area contributed by atoms with E-state index in [1.54, 1.807) is 0 Å². The van der Waals surface area contributed by atoms with Gasteiger partial charge in [-0.15, -0.1) is 0 Å². The molecule has 2 heterocycles. The number of rotatable bonds is 1. The average molecular weight is 204 g/mol. The summed E-state index contributed by atoms with van der Waals surface area (Å²) in [5, 5.41) is 6.40. The second-order valence-corrected chi connectivity index (χ2v) is 3.75. The van der Waals surface area contributed by atoms with Gasteiger partial charge in [0.05, 0.1) is 5.71 Å². The van der Waals surface area contributed by atoms with Gasteiger partial charge in [0, 0.05) is 25.6 Å². The summed E-state index contributed by atoms with van der Waals surface area (Å²) in [6.45, 7) is 1.31. The van der Waals surface area contributed by atoms with Crippen molar-refractivity contribution < 1.29 is 9.47 Å². The van der Waals surface area contributed by atoms with Gasteiger partial charge in [-0.2, -0.15) is 5.10 Å². The maximum Gasteiger partial charge on any atom is 0.231 e. The maximum absolute atomic E-state index is 5.33. The Morgan fingerprint density at radius 3 is 2.93 bits per heavy atom. The SMILES string of the molecule is CN1CCC(c2ccc3c(c2)OCO3)=N1. The van der Waals surface area contributed by atoms with E-state index >= 15 is 0 Å². The van der Waals surface area contributed by atoms with Crippen molar-refractivity contribution in [1.82, 2.24) is 5.01 Å². The molecule has 15 heavy (non-hydrogen) atoms. The molecule has 0 radical (unpaired) electrons. The van der Waals surface area contributed by atoms with Gasteiger partial charge in [-0.1, -0.05) is 0 Å². The Morgan fingerprint density at radius 2 is 2.13 bits per heavy atom. The molecule has 4 heteroatoms. The first-order valence-corrected chi connectivity index (χ1v) is 5.01. The third kappa shape index (κ3) is 1.42. The quantitative estimate of drug-likeness (QED) is 0.694. The molecule has 78 valence electrons. The molecule has 1 aromatic rings. The van der Waals surface area contributed by atoms with Crippen LogP contribution in [0.15, 0.2) is 23.3 Å². The molecule has 0 aliphatic carbocycles. The Balaban J connectivity index is 1.96. The summed E-state index contributed by atoms with van der Waals surface area (Å²) >= 11 is 0. The fraction of sp³-hybridized carbons (Fsp3) is 0.364. The lowest BCUT2D eigenvalue weighted by Crippen LogP contribution is -2.04. The molecular formula is C11H12N2O2. The molecule has 0 fully saturated rings. The highest BCUT2D eigenvalue weighted by Crippen LogP contribution is 2.33. The summed E-state index contributed by atoms with van der Waals surface area (Å²) in [6, 6.07) is 5.98. The van der Waals surface area contributed by atoms with Gasteiger partial charge in [0.2, 0.25) is 6.79 Å². The normalized spacial score (nSPS) is 18.2. The topological polar surface area (TPSA) is 34.1 Å². The van der Waals surface area contributed by atoms with E-state index in [2.05, 4.69) is 5.10 Å². The molecule has 3 rings (SSSR count). The average Bonchev–Trinajstić information content (AvgIpc) is 2.84. The number of hydrogen-bond donors (Lipinski definition) is 0. The second kappa shape index (κ2) is 3.15. The van der Waals surface area contributed by atoms with E-state index in [0.717, 1.165) is 35.7 Å². The van der Waals surface area contributed by atoms with Crippen LogP contribution in [0.4, 0.5) is 0 Å². The summed E-state index contributed by atoms with van der Waals surface area (Å²) in [4.78, 5) is 0. The van der Waals surface area contributed by atoms with Crippen molar-refractivity contribution in [3.05, 3.63) is 23.8 Å². The van der Waals surface area contributed by atoms with E-state index in [-0.39, 0.29) is 0 Å². The smallest absolute Gasteiger partial charge is 0.231 e. The molecule has 2 aliphatic heterocycles. The number of ether oxygens (including phenoxy) is 2. The molecule has 0 aromatic heterocycles. The minimum absolute atomic E-state index is 0.325. The fourth-order valence-corrected chi connectivity index (χ4v) is 1.85. The molecule has 2 aliphatic rings. The van der Waals surface area contributed by atoms with Crippen LogP contribution < -0.4 is 9.47 Å². The highest BCUT2D eigenvalue weighted by molar-refractivity contribution is 6.01. The van der Waals surface area contributed by atoms with Crippen molar-refractivity contribution in [1.29, 1.82) is 0 Å². The number of fused-ring (bicyclic) bond motifs is 1.